The Hall–Kier alpha value is -2.82. The van der Waals surface area contributed by atoms with Crippen molar-refractivity contribution in [2.45, 2.75) is 45.5 Å². The number of pyridine rings is 2. The molecule has 0 spiro atoms. The minimum absolute atomic E-state index is 0.311. The second-order valence-corrected chi connectivity index (χ2v) is 16.0. The fraction of sp³-hybridized carbons (Fsp3) is 0.391. The molecule has 0 aliphatic heterocycles. The molecule has 8 nitrogen and oxygen atoms in total. The summed E-state index contributed by atoms with van der Waals surface area (Å²) in [6.07, 6.45) is 5.20. The van der Waals surface area contributed by atoms with Crippen LogP contribution in [0.15, 0.2) is 42.9 Å². The van der Waals surface area contributed by atoms with Gasteiger partial charge in [-0.05, 0) is 30.3 Å². The zero-order valence-corrected chi connectivity index (χ0v) is 21.5. The maximum absolute atomic E-state index is 6.10. The first kappa shape index (κ1) is 23.3. The normalized spacial score (nSPS) is 11.9. The molecule has 0 atom stereocenters. The van der Waals surface area contributed by atoms with Crippen LogP contribution >= 0.6 is 11.3 Å². The van der Waals surface area contributed by atoms with Gasteiger partial charge in [-0.1, -0.05) is 44.8 Å². The molecule has 0 N–H and O–H groups in total. The summed E-state index contributed by atoms with van der Waals surface area (Å²) in [7, 11) is -1.18. The predicted octanol–water partition coefficient (Wildman–Crippen LogP) is 5.51. The van der Waals surface area contributed by atoms with E-state index in [1.807, 2.05) is 29.2 Å². The zero-order valence-electron chi connectivity index (χ0n) is 19.7. The summed E-state index contributed by atoms with van der Waals surface area (Å²) in [6, 6.07) is 8.92. The Balaban J connectivity index is 1.71. The lowest BCUT2D eigenvalue weighted by Gasteiger charge is -2.22. The first-order chi connectivity index (χ1) is 15.8. The third-order valence-electron chi connectivity index (χ3n) is 5.11. The lowest BCUT2D eigenvalue weighted by atomic mass is 10.1. The van der Waals surface area contributed by atoms with E-state index in [4.69, 9.17) is 9.72 Å². The Morgan fingerprint density at radius 3 is 2.58 bits per heavy atom. The molecule has 4 aromatic rings. The molecule has 0 amide bonds. The Labute approximate surface area is 199 Å². The number of rotatable bonds is 9. The van der Waals surface area contributed by atoms with Crippen LogP contribution in [0, 0.1) is 0 Å². The fourth-order valence-electron chi connectivity index (χ4n) is 3.17. The molecule has 33 heavy (non-hydrogen) atoms. The standard InChI is InChI=1S/C23H29N7OSSi/c1-16(2)22-28-29-23(32-22)30(15-31-12-13-33(3,4)5)20-7-6-19-21(27-20)18(9-10-24-19)17-8-11-25-26-14-17/h6-11,14,16H,12-13,15H2,1-5H3. The van der Waals surface area contributed by atoms with Crippen molar-refractivity contribution in [3.05, 3.63) is 47.9 Å². The van der Waals surface area contributed by atoms with Crippen molar-refractivity contribution in [1.29, 1.82) is 0 Å². The lowest BCUT2D eigenvalue weighted by molar-refractivity contribution is 0.153. The van der Waals surface area contributed by atoms with E-state index < -0.39 is 8.07 Å². The molecule has 172 valence electrons. The monoisotopic (exact) mass is 479 g/mol. The van der Waals surface area contributed by atoms with E-state index in [9.17, 15) is 0 Å². The molecule has 0 saturated carbocycles. The molecule has 0 radical (unpaired) electrons. The summed E-state index contributed by atoms with van der Waals surface area (Å²) in [5.41, 5.74) is 3.51. The smallest absolute Gasteiger partial charge is 0.215 e. The molecule has 4 aromatic heterocycles. The van der Waals surface area contributed by atoms with Gasteiger partial charge in [0.15, 0.2) is 0 Å². The van der Waals surface area contributed by atoms with Crippen molar-refractivity contribution in [3.63, 3.8) is 0 Å². The van der Waals surface area contributed by atoms with Crippen molar-refractivity contribution >= 4 is 41.4 Å². The van der Waals surface area contributed by atoms with Crippen molar-refractivity contribution < 1.29 is 4.74 Å². The molecule has 0 unspecified atom stereocenters. The molecular formula is C23H29N7OSSi. The van der Waals surface area contributed by atoms with Crippen LogP contribution in [0.5, 0.6) is 0 Å². The molecule has 0 bridgehead atoms. The number of aromatic nitrogens is 6. The van der Waals surface area contributed by atoms with E-state index in [0.29, 0.717) is 19.3 Å². The number of fused-ring (bicyclic) bond motifs is 1. The van der Waals surface area contributed by atoms with Crippen molar-refractivity contribution in [3.8, 4) is 11.1 Å². The second kappa shape index (κ2) is 9.98. The maximum atomic E-state index is 6.10. The summed E-state index contributed by atoms with van der Waals surface area (Å²) >= 11 is 1.57. The largest absolute Gasteiger partial charge is 0.361 e. The van der Waals surface area contributed by atoms with Crippen molar-refractivity contribution in [2.75, 3.05) is 18.2 Å². The number of hydrogen-bond donors (Lipinski definition) is 0. The Kier molecular flexibility index (Phi) is 7.06. The molecule has 4 rings (SSSR count). The van der Waals surface area contributed by atoms with Crippen LogP contribution < -0.4 is 4.90 Å². The highest BCUT2D eigenvalue weighted by Crippen LogP contribution is 2.33. The molecule has 0 aliphatic rings. The van der Waals surface area contributed by atoms with Crippen LogP contribution in [0.25, 0.3) is 22.2 Å². The average molecular weight is 480 g/mol. The average Bonchev–Trinajstić information content (AvgIpc) is 3.28. The predicted molar refractivity (Wildman–Crippen MR) is 136 cm³/mol. The van der Waals surface area contributed by atoms with Gasteiger partial charge in [0.1, 0.15) is 17.6 Å². The van der Waals surface area contributed by atoms with Gasteiger partial charge >= 0.3 is 0 Å². The number of anilines is 2. The minimum atomic E-state index is -1.18. The van der Waals surface area contributed by atoms with Gasteiger partial charge in [-0.2, -0.15) is 10.2 Å². The Morgan fingerprint density at radius 1 is 1.03 bits per heavy atom. The Morgan fingerprint density at radius 2 is 1.88 bits per heavy atom. The number of ether oxygens (including phenoxy) is 1. The summed E-state index contributed by atoms with van der Waals surface area (Å²) in [6.45, 7) is 12.4. The van der Waals surface area contributed by atoms with Crippen LogP contribution in [0.1, 0.15) is 24.8 Å². The summed E-state index contributed by atoms with van der Waals surface area (Å²) < 4.78 is 6.10. The van der Waals surface area contributed by atoms with E-state index in [1.165, 1.54) is 0 Å². The quantitative estimate of drug-likeness (QED) is 0.176. The van der Waals surface area contributed by atoms with E-state index in [-0.39, 0.29) is 0 Å². The molecule has 0 saturated heterocycles. The van der Waals surface area contributed by atoms with Gasteiger partial charge in [-0.15, -0.1) is 10.2 Å². The Bertz CT molecular complexity index is 1210. The van der Waals surface area contributed by atoms with Crippen LogP contribution in [0.2, 0.25) is 25.7 Å². The van der Waals surface area contributed by atoms with Gasteiger partial charge in [-0.25, -0.2) is 4.98 Å². The van der Waals surface area contributed by atoms with Gasteiger partial charge < -0.3 is 4.74 Å². The number of nitrogens with zero attached hydrogens (tertiary/aromatic N) is 7. The summed E-state index contributed by atoms with van der Waals surface area (Å²) in [4.78, 5) is 11.5. The van der Waals surface area contributed by atoms with Crippen molar-refractivity contribution in [1.82, 2.24) is 30.4 Å². The van der Waals surface area contributed by atoms with E-state index in [2.05, 4.69) is 58.9 Å². The van der Waals surface area contributed by atoms with Gasteiger partial charge in [0.05, 0.1) is 23.4 Å². The lowest BCUT2D eigenvalue weighted by Crippen LogP contribution is -2.26. The third-order valence-corrected chi connectivity index (χ3v) is 8.06. The topological polar surface area (TPSA) is 89.8 Å². The van der Waals surface area contributed by atoms with E-state index in [1.54, 1.807) is 29.9 Å². The molecule has 0 aromatic carbocycles. The summed E-state index contributed by atoms with van der Waals surface area (Å²) in [5, 5.41) is 18.5. The first-order valence-corrected chi connectivity index (χ1v) is 15.6. The maximum Gasteiger partial charge on any atom is 0.215 e. The second-order valence-electron chi connectivity index (χ2n) is 9.38. The molecule has 0 aliphatic carbocycles. The highest BCUT2D eigenvalue weighted by molar-refractivity contribution is 7.15. The highest BCUT2D eigenvalue weighted by atomic mass is 32.1. The first-order valence-electron chi connectivity index (χ1n) is 11.0. The zero-order chi connectivity index (χ0) is 23.4. The van der Waals surface area contributed by atoms with Gasteiger partial charge in [0.2, 0.25) is 5.13 Å². The van der Waals surface area contributed by atoms with Crippen LogP contribution in [0.3, 0.4) is 0 Å². The van der Waals surface area contributed by atoms with Gasteiger partial charge in [0.25, 0.3) is 0 Å². The van der Waals surface area contributed by atoms with E-state index in [0.717, 1.165) is 44.2 Å². The van der Waals surface area contributed by atoms with E-state index >= 15 is 0 Å². The molecule has 10 heteroatoms. The SMILES string of the molecule is CC(C)c1nnc(N(COCC[Si](C)(C)C)c2ccc3nccc(-c4ccnnc4)c3n2)s1. The van der Waals surface area contributed by atoms with Crippen molar-refractivity contribution in [2.24, 2.45) is 0 Å². The number of hydrogen-bond acceptors (Lipinski definition) is 9. The van der Waals surface area contributed by atoms with Crippen LogP contribution in [-0.2, 0) is 4.74 Å². The van der Waals surface area contributed by atoms with Gasteiger partial charge in [0, 0.05) is 37.9 Å². The fourth-order valence-corrected chi connectivity index (χ4v) is 4.77. The summed E-state index contributed by atoms with van der Waals surface area (Å²) in [5.74, 6) is 1.06. The third kappa shape index (κ3) is 5.76. The molecule has 4 heterocycles. The van der Waals surface area contributed by atoms with Gasteiger partial charge in [-0.3, -0.25) is 9.88 Å². The minimum Gasteiger partial charge on any atom is -0.361 e. The van der Waals surface area contributed by atoms with Crippen LogP contribution in [0.4, 0.5) is 10.9 Å². The molecule has 0 fully saturated rings. The highest BCUT2D eigenvalue weighted by Gasteiger charge is 2.20. The molecular weight excluding hydrogens is 450 g/mol. The van der Waals surface area contributed by atoms with Crippen LogP contribution in [-0.4, -0.2) is 51.8 Å².